The van der Waals surface area contributed by atoms with Crippen molar-refractivity contribution in [3.8, 4) is 0 Å². The molecule has 1 aliphatic carbocycles. The summed E-state index contributed by atoms with van der Waals surface area (Å²) < 4.78 is 0. The molecule has 1 aliphatic rings. The molecule has 0 bridgehead atoms. The number of ketones is 1. The van der Waals surface area contributed by atoms with E-state index in [2.05, 4.69) is 12.2 Å². The van der Waals surface area contributed by atoms with Crippen molar-refractivity contribution in [2.24, 2.45) is 0 Å². The lowest BCUT2D eigenvalue weighted by molar-refractivity contribution is -0.129. The first kappa shape index (κ1) is 18.2. The third-order valence-electron chi connectivity index (χ3n) is 4.40. The lowest BCUT2D eigenvalue weighted by Gasteiger charge is -2.21. The Balaban J connectivity index is 1.92. The van der Waals surface area contributed by atoms with Gasteiger partial charge in [-0.2, -0.15) is 0 Å². The molecular weight excluding hydrogens is 262 g/mol. The Morgan fingerprint density at radius 2 is 1.62 bits per heavy atom. The van der Waals surface area contributed by atoms with Crippen molar-refractivity contribution in [3.63, 3.8) is 0 Å². The molecule has 0 aromatic carbocycles. The predicted molar refractivity (Wildman–Crippen MR) is 87.2 cm³/mol. The van der Waals surface area contributed by atoms with Gasteiger partial charge in [-0.25, -0.2) is 0 Å². The fourth-order valence-corrected chi connectivity index (χ4v) is 3.00. The molecule has 1 unspecified atom stereocenters. The standard InChI is InChI=1S/C18H33NO2/c1-2-3-4-5-6-7-8-9-10-15-18(21)19-16-13-11-12-14-17(16)20/h16H,2-15H2,1H3,(H,19,21). The number of carbonyl (C=O) groups excluding carboxylic acids is 2. The zero-order chi connectivity index (χ0) is 15.3. The van der Waals surface area contributed by atoms with Gasteiger partial charge in [0.05, 0.1) is 6.04 Å². The summed E-state index contributed by atoms with van der Waals surface area (Å²) >= 11 is 0. The maximum atomic E-state index is 11.8. The van der Waals surface area contributed by atoms with Gasteiger partial charge in [0.1, 0.15) is 0 Å². The summed E-state index contributed by atoms with van der Waals surface area (Å²) in [5.41, 5.74) is 0. The van der Waals surface area contributed by atoms with Gasteiger partial charge in [-0.3, -0.25) is 9.59 Å². The third-order valence-corrected chi connectivity index (χ3v) is 4.40. The zero-order valence-electron chi connectivity index (χ0n) is 13.8. The molecule has 3 nitrogen and oxygen atoms in total. The minimum absolute atomic E-state index is 0.0678. The smallest absolute Gasteiger partial charge is 0.220 e. The van der Waals surface area contributed by atoms with Gasteiger partial charge in [0, 0.05) is 12.8 Å². The molecule has 1 amide bonds. The molecule has 122 valence electrons. The van der Waals surface area contributed by atoms with Crippen molar-refractivity contribution in [2.75, 3.05) is 0 Å². The molecular formula is C18H33NO2. The first-order valence-electron chi connectivity index (χ1n) is 9.06. The van der Waals surface area contributed by atoms with Crippen LogP contribution in [0.5, 0.6) is 0 Å². The first-order valence-corrected chi connectivity index (χ1v) is 9.06. The molecule has 1 saturated carbocycles. The van der Waals surface area contributed by atoms with Gasteiger partial charge >= 0.3 is 0 Å². The maximum Gasteiger partial charge on any atom is 0.220 e. The molecule has 0 radical (unpaired) electrons. The highest BCUT2D eigenvalue weighted by Gasteiger charge is 2.23. The van der Waals surface area contributed by atoms with Crippen molar-refractivity contribution in [2.45, 2.75) is 103 Å². The second-order valence-electron chi connectivity index (χ2n) is 6.41. The van der Waals surface area contributed by atoms with E-state index in [1.807, 2.05) is 0 Å². The lowest BCUT2D eigenvalue weighted by Crippen LogP contribution is -2.42. The Hall–Kier alpha value is -0.860. The number of Topliss-reactive ketones (excluding diaryl/α,β-unsaturated/α-hetero) is 1. The summed E-state index contributed by atoms with van der Waals surface area (Å²) in [4.78, 5) is 23.4. The summed E-state index contributed by atoms with van der Waals surface area (Å²) in [5, 5.41) is 2.91. The van der Waals surface area contributed by atoms with Crippen LogP contribution in [0.3, 0.4) is 0 Å². The van der Waals surface area contributed by atoms with Crippen LogP contribution in [0.25, 0.3) is 0 Å². The van der Waals surface area contributed by atoms with Crippen molar-refractivity contribution in [3.05, 3.63) is 0 Å². The largest absolute Gasteiger partial charge is 0.346 e. The minimum atomic E-state index is -0.190. The second kappa shape index (κ2) is 11.8. The van der Waals surface area contributed by atoms with E-state index in [0.29, 0.717) is 12.8 Å². The molecule has 1 rings (SSSR count). The van der Waals surface area contributed by atoms with E-state index in [1.54, 1.807) is 0 Å². The van der Waals surface area contributed by atoms with Crippen LogP contribution in [-0.4, -0.2) is 17.7 Å². The Morgan fingerprint density at radius 1 is 1.00 bits per heavy atom. The molecule has 0 aromatic rings. The van der Waals surface area contributed by atoms with Gasteiger partial charge in [-0.1, -0.05) is 64.7 Å². The first-order chi connectivity index (χ1) is 10.2. The highest BCUT2D eigenvalue weighted by atomic mass is 16.2. The molecule has 0 spiro atoms. The van der Waals surface area contributed by atoms with E-state index in [0.717, 1.165) is 32.1 Å². The molecule has 0 aromatic heterocycles. The average molecular weight is 295 g/mol. The van der Waals surface area contributed by atoms with Crippen LogP contribution in [-0.2, 0) is 9.59 Å². The second-order valence-corrected chi connectivity index (χ2v) is 6.41. The SMILES string of the molecule is CCCCCCCCCCCC(=O)NC1CCCCC1=O. The van der Waals surface area contributed by atoms with E-state index in [4.69, 9.17) is 0 Å². The fourth-order valence-electron chi connectivity index (χ4n) is 3.00. The van der Waals surface area contributed by atoms with Crippen LogP contribution in [0.4, 0.5) is 0 Å². The van der Waals surface area contributed by atoms with Gasteiger partial charge in [0.15, 0.2) is 5.78 Å². The van der Waals surface area contributed by atoms with Crippen molar-refractivity contribution in [1.82, 2.24) is 5.32 Å². The number of nitrogens with one attached hydrogen (secondary N) is 1. The van der Waals surface area contributed by atoms with E-state index < -0.39 is 0 Å². The quantitative estimate of drug-likeness (QED) is 0.569. The molecule has 0 heterocycles. The molecule has 0 saturated heterocycles. The van der Waals surface area contributed by atoms with Crippen LogP contribution in [0.15, 0.2) is 0 Å². The van der Waals surface area contributed by atoms with Gasteiger partial charge in [-0.05, 0) is 19.3 Å². The highest BCUT2D eigenvalue weighted by Crippen LogP contribution is 2.15. The monoisotopic (exact) mass is 295 g/mol. The number of carbonyl (C=O) groups is 2. The normalized spacial score (nSPS) is 18.7. The Bertz CT molecular complexity index is 302. The van der Waals surface area contributed by atoms with Gasteiger partial charge < -0.3 is 5.32 Å². The van der Waals surface area contributed by atoms with Gasteiger partial charge in [0.25, 0.3) is 0 Å². The molecule has 1 N–H and O–H groups in total. The average Bonchev–Trinajstić information content (AvgIpc) is 2.48. The molecule has 1 fully saturated rings. The predicted octanol–water partition coefficient (Wildman–Crippen LogP) is 4.54. The van der Waals surface area contributed by atoms with Gasteiger partial charge in [-0.15, -0.1) is 0 Å². The number of unbranched alkanes of at least 4 members (excludes halogenated alkanes) is 8. The molecule has 1 atom stereocenters. The van der Waals surface area contributed by atoms with Crippen molar-refractivity contribution >= 4 is 11.7 Å². The summed E-state index contributed by atoms with van der Waals surface area (Å²) in [6, 6.07) is -0.190. The summed E-state index contributed by atoms with van der Waals surface area (Å²) in [6.45, 7) is 2.24. The summed E-state index contributed by atoms with van der Waals surface area (Å²) in [7, 11) is 0. The minimum Gasteiger partial charge on any atom is -0.346 e. The van der Waals surface area contributed by atoms with E-state index in [1.165, 1.54) is 44.9 Å². The lowest BCUT2D eigenvalue weighted by atomic mass is 9.94. The summed E-state index contributed by atoms with van der Waals surface area (Å²) in [6.07, 6.45) is 15.5. The Morgan fingerprint density at radius 3 is 2.24 bits per heavy atom. The fraction of sp³-hybridized carbons (Fsp3) is 0.889. The Labute approximate surface area is 130 Å². The van der Waals surface area contributed by atoms with Crippen LogP contribution in [0.2, 0.25) is 0 Å². The Kier molecular flexibility index (Phi) is 10.2. The topological polar surface area (TPSA) is 46.2 Å². The number of hydrogen-bond donors (Lipinski definition) is 1. The van der Waals surface area contributed by atoms with Crippen LogP contribution < -0.4 is 5.32 Å². The van der Waals surface area contributed by atoms with Crippen molar-refractivity contribution in [1.29, 1.82) is 0 Å². The van der Waals surface area contributed by atoms with Crippen LogP contribution in [0, 0.1) is 0 Å². The van der Waals surface area contributed by atoms with E-state index >= 15 is 0 Å². The molecule has 3 heteroatoms. The zero-order valence-corrected chi connectivity index (χ0v) is 13.8. The van der Waals surface area contributed by atoms with Crippen LogP contribution >= 0.6 is 0 Å². The van der Waals surface area contributed by atoms with E-state index in [9.17, 15) is 9.59 Å². The van der Waals surface area contributed by atoms with Crippen molar-refractivity contribution < 1.29 is 9.59 Å². The highest BCUT2D eigenvalue weighted by molar-refractivity contribution is 5.89. The van der Waals surface area contributed by atoms with Crippen LogP contribution in [0.1, 0.15) is 96.8 Å². The third kappa shape index (κ3) is 8.90. The van der Waals surface area contributed by atoms with E-state index in [-0.39, 0.29) is 17.7 Å². The maximum absolute atomic E-state index is 11.8. The summed E-state index contributed by atoms with van der Waals surface area (Å²) in [5.74, 6) is 0.292. The van der Waals surface area contributed by atoms with Gasteiger partial charge in [0.2, 0.25) is 5.91 Å². The number of hydrogen-bond acceptors (Lipinski definition) is 2. The number of rotatable bonds is 11. The number of amides is 1. The molecule has 21 heavy (non-hydrogen) atoms. The molecule has 0 aliphatic heterocycles.